The number of amides is 1. The quantitative estimate of drug-likeness (QED) is 0.877. The number of nitrogens with one attached hydrogen (secondary N) is 1. The van der Waals surface area contributed by atoms with Gasteiger partial charge in [-0.25, -0.2) is 4.98 Å². The van der Waals surface area contributed by atoms with Crippen LogP contribution in [-0.2, 0) is 22.5 Å². The molecule has 2 rings (SSSR count). The molecule has 5 nitrogen and oxygen atoms in total. The fourth-order valence-electron chi connectivity index (χ4n) is 1.99. The van der Waals surface area contributed by atoms with E-state index in [0.29, 0.717) is 6.42 Å². The zero-order chi connectivity index (χ0) is 13.7. The van der Waals surface area contributed by atoms with E-state index in [2.05, 4.69) is 15.2 Å². The van der Waals surface area contributed by atoms with Crippen LogP contribution in [0.3, 0.4) is 0 Å². The molecule has 0 spiro atoms. The van der Waals surface area contributed by atoms with Crippen molar-refractivity contribution in [3.63, 3.8) is 0 Å². The number of hydrogen-bond acceptors (Lipinski definition) is 5. The topological polar surface area (TPSA) is 54.5 Å². The predicted molar refractivity (Wildman–Crippen MR) is 75.2 cm³/mol. The molecule has 0 atom stereocenters. The lowest BCUT2D eigenvalue weighted by Gasteiger charge is -2.25. The van der Waals surface area contributed by atoms with Crippen LogP contribution in [0.1, 0.15) is 24.5 Å². The van der Waals surface area contributed by atoms with Crippen molar-refractivity contribution in [2.24, 2.45) is 0 Å². The Labute approximate surface area is 118 Å². The number of thiazole rings is 1. The van der Waals surface area contributed by atoms with Crippen LogP contribution in [0.5, 0.6) is 0 Å². The van der Waals surface area contributed by atoms with Crippen LogP contribution in [0.4, 0.5) is 0 Å². The summed E-state index contributed by atoms with van der Waals surface area (Å²) in [7, 11) is 0. The molecule has 0 aromatic carbocycles. The average molecular weight is 283 g/mol. The molecule has 19 heavy (non-hydrogen) atoms. The van der Waals surface area contributed by atoms with Crippen molar-refractivity contribution in [2.75, 3.05) is 26.3 Å². The highest BCUT2D eigenvalue weighted by molar-refractivity contribution is 7.09. The van der Waals surface area contributed by atoms with Crippen molar-refractivity contribution in [1.82, 2.24) is 15.2 Å². The summed E-state index contributed by atoms with van der Waals surface area (Å²) in [5.41, 5.74) is 0.867. The van der Waals surface area contributed by atoms with Crippen LogP contribution in [0.2, 0.25) is 0 Å². The maximum absolute atomic E-state index is 11.6. The molecule has 1 aliphatic heterocycles. The molecule has 0 radical (unpaired) electrons. The van der Waals surface area contributed by atoms with E-state index >= 15 is 0 Å². The molecular weight excluding hydrogens is 262 g/mol. The minimum absolute atomic E-state index is 0.0400. The Morgan fingerprint density at radius 1 is 1.53 bits per heavy atom. The van der Waals surface area contributed by atoms with E-state index in [1.807, 2.05) is 19.2 Å². The van der Waals surface area contributed by atoms with E-state index < -0.39 is 0 Å². The smallest absolute Gasteiger partial charge is 0.226 e. The van der Waals surface area contributed by atoms with E-state index in [1.54, 1.807) is 11.3 Å². The van der Waals surface area contributed by atoms with E-state index in [-0.39, 0.29) is 11.9 Å². The Morgan fingerprint density at radius 3 is 2.95 bits per heavy atom. The Bertz CT molecular complexity index is 414. The first-order valence-electron chi connectivity index (χ1n) is 6.66. The zero-order valence-electron chi connectivity index (χ0n) is 11.5. The molecule has 1 fully saturated rings. The minimum atomic E-state index is 0.0400. The highest BCUT2D eigenvalue weighted by Gasteiger charge is 2.14. The van der Waals surface area contributed by atoms with Crippen molar-refractivity contribution in [3.8, 4) is 0 Å². The van der Waals surface area contributed by atoms with Crippen LogP contribution < -0.4 is 5.32 Å². The molecule has 0 aliphatic carbocycles. The monoisotopic (exact) mass is 283 g/mol. The molecule has 106 valence electrons. The summed E-state index contributed by atoms with van der Waals surface area (Å²) >= 11 is 1.63. The summed E-state index contributed by atoms with van der Waals surface area (Å²) in [5.74, 6) is 0.0400. The lowest BCUT2D eigenvalue weighted by molar-refractivity contribution is -0.120. The molecular formula is C13H21N3O2S. The number of hydrogen-bond donors (Lipinski definition) is 1. The van der Waals surface area contributed by atoms with Gasteiger partial charge in [-0.2, -0.15) is 0 Å². The predicted octanol–water partition coefficient (Wildman–Crippen LogP) is 1.04. The summed E-state index contributed by atoms with van der Waals surface area (Å²) in [6, 6.07) is 0.180. The fraction of sp³-hybridized carbons (Fsp3) is 0.692. The number of rotatable bonds is 5. The third kappa shape index (κ3) is 4.89. The first-order valence-corrected chi connectivity index (χ1v) is 7.54. The van der Waals surface area contributed by atoms with Gasteiger partial charge < -0.3 is 10.1 Å². The average Bonchev–Trinajstić information content (AvgIpc) is 2.76. The Balaban J connectivity index is 1.82. The SMILES string of the molecule is CC(C)NC(=O)Cc1csc(CN2CCOCC2)n1. The van der Waals surface area contributed by atoms with E-state index in [4.69, 9.17) is 4.74 Å². The molecule has 1 N–H and O–H groups in total. The number of aromatic nitrogens is 1. The van der Waals surface area contributed by atoms with Gasteiger partial charge in [0.05, 0.1) is 31.9 Å². The van der Waals surface area contributed by atoms with E-state index in [1.165, 1.54) is 0 Å². The van der Waals surface area contributed by atoms with Gasteiger partial charge in [0.2, 0.25) is 5.91 Å². The van der Waals surface area contributed by atoms with Gasteiger partial charge in [0.25, 0.3) is 0 Å². The van der Waals surface area contributed by atoms with E-state index in [9.17, 15) is 4.79 Å². The highest BCUT2D eigenvalue weighted by atomic mass is 32.1. The minimum Gasteiger partial charge on any atom is -0.379 e. The first kappa shape index (κ1) is 14.4. The zero-order valence-corrected chi connectivity index (χ0v) is 12.3. The summed E-state index contributed by atoms with van der Waals surface area (Å²) in [6.07, 6.45) is 0.373. The second-order valence-electron chi connectivity index (χ2n) is 5.02. The highest BCUT2D eigenvalue weighted by Crippen LogP contribution is 2.13. The molecule has 0 bridgehead atoms. The normalized spacial score (nSPS) is 16.8. The molecule has 0 saturated carbocycles. The molecule has 6 heteroatoms. The summed E-state index contributed by atoms with van der Waals surface area (Å²) in [5, 5.41) is 5.94. The second-order valence-corrected chi connectivity index (χ2v) is 5.96. The van der Waals surface area contributed by atoms with Gasteiger partial charge in [0, 0.05) is 24.5 Å². The van der Waals surface area contributed by atoms with Crippen molar-refractivity contribution in [2.45, 2.75) is 32.9 Å². The molecule has 1 amide bonds. The first-order chi connectivity index (χ1) is 9.13. The lowest BCUT2D eigenvalue weighted by Crippen LogP contribution is -2.35. The fourth-order valence-corrected chi connectivity index (χ4v) is 2.83. The standard InChI is InChI=1S/C13H21N3O2S/c1-10(2)14-12(17)7-11-9-19-13(15-11)8-16-3-5-18-6-4-16/h9-10H,3-8H2,1-2H3,(H,14,17). The van der Waals surface area contributed by atoms with Crippen LogP contribution in [0.25, 0.3) is 0 Å². The van der Waals surface area contributed by atoms with Crippen LogP contribution in [-0.4, -0.2) is 48.1 Å². The second kappa shape index (κ2) is 6.98. The van der Waals surface area contributed by atoms with Crippen molar-refractivity contribution in [1.29, 1.82) is 0 Å². The van der Waals surface area contributed by atoms with Gasteiger partial charge in [-0.05, 0) is 13.8 Å². The van der Waals surface area contributed by atoms with Gasteiger partial charge in [-0.15, -0.1) is 11.3 Å². The van der Waals surface area contributed by atoms with Crippen molar-refractivity contribution < 1.29 is 9.53 Å². The van der Waals surface area contributed by atoms with Crippen LogP contribution in [0, 0.1) is 0 Å². The lowest BCUT2D eigenvalue weighted by atomic mass is 10.3. The molecule has 1 aromatic heterocycles. The number of nitrogens with zero attached hydrogens (tertiary/aromatic N) is 2. The summed E-state index contributed by atoms with van der Waals surface area (Å²) in [6.45, 7) is 8.31. The van der Waals surface area contributed by atoms with Gasteiger partial charge in [0.1, 0.15) is 5.01 Å². The number of carbonyl (C=O) groups excluding carboxylic acids is 1. The third-order valence-electron chi connectivity index (χ3n) is 2.85. The molecule has 0 unspecified atom stereocenters. The molecule has 1 aromatic rings. The maximum Gasteiger partial charge on any atom is 0.226 e. The number of carbonyl (C=O) groups is 1. The van der Waals surface area contributed by atoms with Gasteiger partial charge >= 0.3 is 0 Å². The van der Waals surface area contributed by atoms with Gasteiger partial charge in [-0.3, -0.25) is 9.69 Å². The van der Waals surface area contributed by atoms with E-state index in [0.717, 1.165) is 43.5 Å². The van der Waals surface area contributed by atoms with Crippen LogP contribution in [0.15, 0.2) is 5.38 Å². The van der Waals surface area contributed by atoms with Crippen LogP contribution >= 0.6 is 11.3 Å². The van der Waals surface area contributed by atoms with Gasteiger partial charge in [0.15, 0.2) is 0 Å². The summed E-state index contributed by atoms with van der Waals surface area (Å²) in [4.78, 5) is 18.5. The maximum atomic E-state index is 11.6. The largest absolute Gasteiger partial charge is 0.379 e. The van der Waals surface area contributed by atoms with Gasteiger partial charge in [-0.1, -0.05) is 0 Å². The Hall–Kier alpha value is -0.980. The Kier molecular flexibility index (Phi) is 5.30. The third-order valence-corrected chi connectivity index (χ3v) is 3.74. The molecule has 1 aliphatic rings. The molecule has 2 heterocycles. The van der Waals surface area contributed by atoms with Crippen molar-refractivity contribution >= 4 is 17.2 Å². The molecule has 1 saturated heterocycles. The number of ether oxygens (including phenoxy) is 1. The Morgan fingerprint density at radius 2 is 2.26 bits per heavy atom. The summed E-state index contributed by atoms with van der Waals surface area (Å²) < 4.78 is 5.32. The number of morpholine rings is 1. The van der Waals surface area contributed by atoms with Crippen molar-refractivity contribution in [3.05, 3.63) is 16.1 Å².